The van der Waals surface area contributed by atoms with Gasteiger partial charge >= 0.3 is 5.97 Å². The lowest BCUT2D eigenvalue weighted by Gasteiger charge is -2.44. The van der Waals surface area contributed by atoms with Gasteiger partial charge in [-0.15, -0.1) is 0 Å². The molecule has 1 fully saturated rings. The lowest BCUT2D eigenvalue weighted by atomic mass is 9.82. The van der Waals surface area contributed by atoms with Crippen LogP contribution in [0.2, 0.25) is 0 Å². The van der Waals surface area contributed by atoms with Crippen LogP contribution in [0.3, 0.4) is 0 Å². The van der Waals surface area contributed by atoms with Gasteiger partial charge < -0.3 is 20.1 Å². The Morgan fingerprint density at radius 2 is 2.06 bits per heavy atom. The number of pyridine rings is 1. The molecule has 2 amide bonds. The van der Waals surface area contributed by atoms with E-state index in [1.807, 2.05) is 37.3 Å². The molecule has 2 aliphatic rings. The van der Waals surface area contributed by atoms with E-state index >= 15 is 0 Å². The van der Waals surface area contributed by atoms with E-state index in [9.17, 15) is 19.5 Å². The van der Waals surface area contributed by atoms with Crippen LogP contribution in [0.25, 0.3) is 5.57 Å². The SMILES string of the molecule is C=CCOC(=O)C1=C(c2ccc(CC(=O)NCc3ccncc3)c(C)c2)C[C@@H]2[C@@H]([C@@H](C)O)C(=O)N12. The Morgan fingerprint density at radius 1 is 1.31 bits per heavy atom. The number of aryl methyl sites for hydroxylation is 1. The minimum absolute atomic E-state index is 0.0364. The number of nitrogens with zero attached hydrogens (tertiary/aromatic N) is 2. The molecule has 2 aliphatic heterocycles. The van der Waals surface area contributed by atoms with Gasteiger partial charge in [0.1, 0.15) is 12.3 Å². The average molecular weight is 476 g/mol. The second-order valence-corrected chi connectivity index (χ2v) is 8.91. The number of aliphatic hydroxyl groups excluding tert-OH is 1. The van der Waals surface area contributed by atoms with E-state index in [1.165, 1.54) is 11.0 Å². The van der Waals surface area contributed by atoms with Crippen LogP contribution in [0.1, 0.15) is 35.6 Å². The van der Waals surface area contributed by atoms with Crippen molar-refractivity contribution in [3.63, 3.8) is 0 Å². The molecule has 0 spiro atoms. The van der Waals surface area contributed by atoms with Crippen LogP contribution < -0.4 is 5.32 Å². The first-order chi connectivity index (χ1) is 16.8. The molecule has 2 aromatic rings. The molecule has 3 atom stereocenters. The number of fused-ring (bicyclic) bond motifs is 1. The van der Waals surface area contributed by atoms with E-state index < -0.39 is 18.0 Å². The second kappa shape index (κ2) is 10.2. The highest BCUT2D eigenvalue weighted by atomic mass is 16.5. The van der Waals surface area contributed by atoms with Crippen molar-refractivity contribution in [2.75, 3.05) is 6.61 Å². The van der Waals surface area contributed by atoms with E-state index in [2.05, 4.69) is 16.9 Å². The molecule has 1 aromatic heterocycles. The van der Waals surface area contributed by atoms with Crippen molar-refractivity contribution in [1.82, 2.24) is 15.2 Å². The Bertz CT molecular complexity index is 1190. The molecule has 8 nitrogen and oxygen atoms in total. The number of carbonyl (C=O) groups excluding carboxylic acids is 3. The van der Waals surface area contributed by atoms with Crippen LogP contribution in [-0.4, -0.2) is 51.5 Å². The molecular formula is C27H29N3O5. The normalized spacial score (nSPS) is 19.6. The number of amides is 2. The van der Waals surface area contributed by atoms with Crippen molar-refractivity contribution in [3.8, 4) is 0 Å². The van der Waals surface area contributed by atoms with E-state index in [4.69, 9.17) is 4.74 Å². The number of nitrogens with one attached hydrogen (secondary N) is 1. The smallest absolute Gasteiger partial charge is 0.355 e. The van der Waals surface area contributed by atoms with Crippen LogP contribution in [0.5, 0.6) is 0 Å². The van der Waals surface area contributed by atoms with Gasteiger partial charge in [0.25, 0.3) is 0 Å². The summed E-state index contributed by atoms with van der Waals surface area (Å²) in [4.78, 5) is 43.5. The number of aromatic nitrogens is 1. The zero-order valence-electron chi connectivity index (χ0n) is 19.9. The lowest BCUT2D eigenvalue weighted by Crippen LogP contribution is -2.61. The fourth-order valence-electron chi connectivity index (χ4n) is 4.74. The average Bonchev–Trinajstić information content (AvgIpc) is 3.18. The minimum atomic E-state index is -0.802. The van der Waals surface area contributed by atoms with Crippen LogP contribution in [0.4, 0.5) is 0 Å². The molecule has 0 radical (unpaired) electrons. The van der Waals surface area contributed by atoms with Crippen molar-refractivity contribution in [3.05, 3.63) is 83.3 Å². The minimum Gasteiger partial charge on any atom is -0.457 e. The molecular weight excluding hydrogens is 446 g/mol. The lowest BCUT2D eigenvalue weighted by molar-refractivity contribution is -0.162. The van der Waals surface area contributed by atoms with Crippen molar-refractivity contribution in [2.24, 2.45) is 5.92 Å². The monoisotopic (exact) mass is 475 g/mol. The first kappa shape index (κ1) is 24.3. The molecule has 1 aromatic carbocycles. The third kappa shape index (κ3) is 4.88. The van der Waals surface area contributed by atoms with Crippen molar-refractivity contribution >= 4 is 23.4 Å². The van der Waals surface area contributed by atoms with Gasteiger partial charge in [-0.05, 0) is 60.2 Å². The summed E-state index contributed by atoms with van der Waals surface area (Å²) in [7, 11) is 0. The molecule has 1 saturated heterocycles. The maximum atomic E-state index is 12.8. The number of β-lactam (4-membered cyclic amide) rings is 1. The summed E-state index contributed by atoms with van der Waals surface area (Å²) in [5, 5.41) is 13.0. The second-order valence-electron chi connectivity index (χ2n) is 8.91. The first-order valence-corrected chi connectivity index (χ1v) is 11.6. The van der Waals surface area contributed by atoms with Crippen LogP contribution in [0.15, 0.2) is 61.1 Å². The van der Waals surface area contributed by atoms with Crippen LogP contribution in [-0.2, 0) is 32.1 Å². The molecule has 35 heavy (non-hydrogen) atoms. The molecule has 4 rings (SSSR count). The number of benzene rings is 1. The Hall–Kier alpha value is -3.78. The Morgan fingerprint density at radius 3 is 2.71 bits per heavy atom. The molecule has 182 valence electrons. The van der Waals surface area contributed by atoms with Gasteiger partial charge in [-0.3, -0.25) is 14.6 Å². The Balaban J connectivity index is 1.53. The quantitative estimate of drug-likeness (QED) is 0.327. The number of aliphatic hydroxyl groups is 1. The summed E-state index contributed by atoms with van der Waals surface area (Å²) < 4.78 is 5.27. The number of rotatable bonds is 9. The molecule has 0 aliphatic carbocycles. The van der Waals surface area contributed by atoms with Gasteiger partial charge in [0.15, 0.2) is 0 Å². The number of ether oxygens (including phenoxy) is 1. The maximum absolute atomic E-state index is 12.8. The van der Waals surface area contributed by atoms with Crippen LogP contribution in [0, 0.1) is 12.8 Å². The molecule has 0 unspecified atom stereocenters. The Kier molecular flexibility index (Phi) is 7.12. The summed E-state index contributed by atoms with van der Waals surface area (Å²) in [5.74, 6) is -1.50. The zero-order valence-corrected chi connectivity index (χ0v) is 19.9. The van der Waals surface area contributed by atoms with Gasteiger partial charge in [-0.25, -0.2) is 4.79 Å². The number of hydrogen-bond acceptors (Lipinski definition) is 6. The van der Waals surface area contributed by atoms with Crippen molar-refractivity contribution in [1.29, 1.82) is 0 Å². The van der Waals surface area contributed by atoms with Crippen molar-refractivity contribution < 1.29 is 24.2 Å². The summed E-state index contributed by atoms with van der Waals surface area (Å²) in [6.07, 6.45) is 4.71. The fourth-order valence-corrected chi connectivity index (χ4v) is 4.74. The molecule has 0 saturated carbocycles. The van der Waals surface area contributed by atoms with Gasteiger partial charge in [0, 0.05) is 18.9 Å². The van der Waals surface area contributed by atoms with E-state index in [-0.39, 0.29) is 36.6 Å². The third-order valence-corrected chi connectivity index (χ3v) is 6.54. The number of carbonyl (C=O) groups is 3. The van der Waals surface area contributed by atoms with E-state index in [0.717, 1.165) is 22.3 Å². The zero-order chi connectivity index (χ0) is 25.1. The highest BCUT2D eigenvalue weighted by Crippen LogP contribution is 2.47. The highest BCUT2D eigenvalue weighted by Gasteiger charge is 2.57. The first-order valence-electron chi connectivity index (χ1n) is 11.6. The molecule has 0 bridgehead atoms. The maximum Gasteiger partial charge on any atom is 0.355 e. The predicted molar refractivity (Wildman–Crippen MR) is 129 cm³/mol. The highest BCUT2D eigenvalue weighted by molar-refractivity contribution is 6.06. The largest absolute Gasteiger partial charge is 0.457 e. The summed E-state index contributed by atoms with van der Waals surface area (Å²) in [5.41, 5.74) is 4.47. The summed E-state index contributed by atoms with van der Waals surface area (Å²) in [6.45, 7) is 7.54. The number of esters is 1. The van der Waals surface area contributed by atoms with Gasteiger partial charge in [0.05, 0.1) is 24.5 Å². The van der Waals surface area contributed by atoms with E-state index in [1.54, 1.807) is 19.3 Å². The van der Waals surface area contributed by atoms with E-state index in [0.29, 0.717) is 18.5 Å². The van der Waals surface area contributed by atoms with Gasteiger partial charge in [-0.1, -0.05) is 30.9 Å². The topological polar surface area (TPSA) is 109 Å². The summed E-state index contributed by atoms with van der Waals surface area (Å²) >= 11 is 0. The van der Waals surface area contributed by atoms with Gasteiger partial charge in [0.2, 0.25) is 11.8 Å². The standard InChI is InChI=1S/C27H29N3O5/c1-4-11-35-27(34)25-21(14-22-24(17(3)31)26(33)30(22)25)20-6-5-19(16(2)12-20)13-23(32)29-15-18-7-9-28-10-8-18/h4-10,12,17,22,24,31H,1,11,13-15H2,2-3H3,(H,29,32)/t17-,22-,24-/m1/s1. The molecule has 3 heterocycles. The third-order valence-electron chi connectivity index (χ3n) is 6.54. The fraction of sp³-hybridized carbons (Fsp3) is 0.333. The van der Waals surface area contributed by atoms with Gasteiger partial charge in [-0.2, -0.15) is 0 Å². The Labute approximate surface area is 204 Å². The molecule has 2 N–H and O–H groups in total. The molecule has 8 heteroatoms. The summed E-state index contributed by atoms with van der Waals surface area (Å²) in [6, 6.07) is 9.09. The predicted octanol–water partition coefficient (Wildman–Crippen LogP) is 2.30. The number of hydrogen-bond donors (Lipinski definition) is 2. The van der Waals surface area contributed by atoms with Crippen LogP contribution >= 0.6 is 0 Å². The van der Waals surface area contributed by atoms with Crippen molar-refractivity contribution in [2.45, 2.75) is 45.4 Å².